The molecule has 0 amide bonds. The van der Waals surface area contributed by atoms with Crippen molar-refractivity contribution in [1.29, 1.82) is 0 Å². The Balaban J connectivity index is 2.04. The van der Waals surface area contributed by atoms with Crippen molar-refractivity contribution in [1.82, 2.24) is 5.32 Å². The summed E-state index contributed by atoms with van der Waals surface area (Å²) in [5.74, 6) is 1.70. The van der Waals surface area contributed by atoms with E-state index in [0.717, 1.165) is 40.7 Å². The van der Waals surface area contributed by atoms with Crippen molar-refractivity contribution in [3.8, 4) is 11.5 Å². The van der Waals surface area contributed by atoms with Gasteiger partial charge in [0.1, 0.15) is 18.1 Å². The topological polar surface area (TPSA) is 30.5 Å². The van der Waals surface area contributed by atoms with E-state index in [4.69, 9.17) is 21.1 Å². The van der Waals surface area contributed by atoms with Crippen LogP contribution >= 0.6 is 11.6 Å². The lowest BCUT2D eigenvalue weighted by Crippen LogP contribution is -2.13. The molecular formula is C17H20ClNO2. The number of methoxy groups -OCH3 is 1. The first-order valence-corrected chi connectivity index (χ1v) is 7.35. The molecule has 1 N–H and O–H groups in total. The lowest BCUT2D eigenvalue weighted by atomic mass is 10.2. The van der Waals surface area contributed by atoms with Gasteiger partial charge in [-0.25, -0.2) is 0 Å². The predicted octanol–water partition coefficient (Wildman–Crippen LogP) is 4.04. The van der Waals surface area contributed by atoms with E-state index >= 15 is 0 Å². The van der Waals surface area contributed by atoms with Crippen LogP contribution in [-0.2, 0) is 13.2 Å². The summed E-state index contributed by atoms with van der Waals surface area (Å²) < 4.78 is 11.1. The molecule has 0 unspecified atom stereocenters. The molecule has 0 saturated carbocycles. The Morgan fingerprint density at radius 3 is 2.52 bits per heavy atom. The van der Waals surface area contributed by atoms with Gasteiger partial charge in [0.25, 0.3) is 0 Å². The van der Waals surface area contributed by atoms with Crippen LogP contribution in [0.4, 0.5) is 0 Å². The van der Waals surface area contributed by atoms with E-state index in [1.165, 1.54) is 0 Å². The number of ether oxygens (including phenoxy) is 2. The van der Waals surface area contributed by atoms with Gasteiger partial charge in [-0.3, -0.25) is 0 Å². The number of rotatable bonds is 7. The average Bonchev–Trinajstić information content (AvgIpc) is 2.52. The molecule has 0 radical (unpaired) electrons. The number of nitrogens with one attached hydrogen (secondary N) is 1. The van der Waals surface area contributed by atoms with Crippen molar-refractivity contribution in [2.75, 3.05) is 13.7 Å². The monoisotopic (exact) mass is 305 g/mol. The highest BCUT2D eigenvalue weighted by Crippen LogP contribution is 2.24. The first-order chi connectivity index (χ1) is 10.2. The predicted molar refractivity (Wildman–Crippen MR) is 86.2 cm³/mol. The van der Waals surface area contributed by atoms with Crippen molar-refractivity contribution in [3.63, 3.8) is 0 Å². The molecule has 2 rings (SSSR count). The third-order valence-corrected chi connectivity index (χ3v) is 3.38. The zero-order chi connectivity index (χ0) is 15.1. The highest BCUT2D eigenvalue weighted by Gasteiger charge is 2.05. The van der Waals surface area contributed by atoms with Crippen molar-refractivity contribution < 1.29 is 9.47 Å². The summed E-state index contributed by atoms with van der Waals surface area (Å²) in [5, 5.41) is 4.01. The quantitative estimate of drug-likeness (QED) is 0.837. The molecule has 2 aromatic rings. The Morgan fingerprint density at radius 1 is 1.10 bits per heavy atom. The van der Waals surface area contributed by atoms with Crippen LogP contribution in [0.2, 0.25) is 5.02 Å². The molecular weight excluding hydrogens is 286 g/mol. The van der Waals surface area contributed by atoms with Gasteiger partial charge in [-0.2, -0.15) is 0 Å². The summed E-state index contributed by atoms with van der Waals surface area (Å²) in [4.78, 5) is 0. The largest absolute Gasteiger partial charge is 0.497 e. The number of hydrogen-bond donors (Lipinski definition) is 1. The molecule has 0 aliphatic rings. The van der Waals surface area contributed by atoms with Gasteiger partial charge in [-0.15, -0.1) is 0 Å². The maximum atomic E-state index is 6.05. The molecule has 0 fully saturated rings. The molecule has 0 atom stereocenters. The maximum absolute atomic E-state index is 6.05. The fourth-order valence-corrected chi connectivity index (χ4v) is 2.16. The summed E-state index contributed by atoms with van der Waals surface area (Å²) >= 11 is 6.05. The minimum absolute atomic E-state index is 0.519. The van der Waals surface area contributed by atoms with Crippen molar-refractivity contribution >= 4 is 11.6 Å². The van der Waals surface area contributed by atoms with Crippen molar-refractivity contribution in [2.24, 2.45) is 0 Å². The van der Waals surface area contributed by atoms with Crippen LogP contribution in [0.25, 0.3) is 0 Å². The van der Waals surface area contributed by atoms with Crippen LogP contribution in [0, 0.1) is 0 Å². The van der Waals surface area contributed by atoms with E-state index in [-0.39, 0.29) is 0 Å². The second-order valence-corrected chi connectivity index (χ2v) is 5.11. The molecule has 2 aromatic carbocycles. The van der Waals surface area contributed by atoms with E-state index in [1.807, 2.05) is 42.5 Å². The van der Waals surface area contributed by atoms with Crippen LogP contribution in [0.3, 0.4) is 0 Å². The summed E-state index contributed by atoms with van der Waals surface area (Å²) in [5.41, 5.74) is 2.16. The highest BCUT2D eigenvalue weighted by molar-refractivity contribution is 6.30. The van der Waals surface area contributed by atoms with Gasteiger partial charge in [-0.05, 0) is 42.4 Å². The summed E-state index contributed by atoms with van der Waals surface area (Å²) in [6, 6.07) is 13.6. The van der Waals surface area contributed by atoms with E-state index in [2.05, 4.69) is 12.2 Å². The second kappa shape index (κ2) is 7.91. The van der Waals surface area contributed by atoms with E-state index < -0.39 is 0 Å². The molecule has 0 aliphatic carbocycles. The van der Waals surface area contributed by atoms with Gasteiger partial charge in [0.15, 0.2) is 0 Å². The minimum atomic E-state index is 0.519. The zero-order valence-electron chi connectivity index (χ0n) is 12.4. The smallest absolute Gasteiger partial charge is 0.124 e. The van der Waals surface area contributed by atoms with Gasteiger partial charge < -0.3 is 14.8 Å². The van der Waals surface area contributed by atoms with Crippen LogP contribution in [0.5, 0.6) is 11.5 Å². The fraction of sp³-hybridized carbons (Fsp3) is 0.294. The summed E-state index contributed by atoms with van der Waals surface area (Å²) in [6.45, 7) is 4.24. The third kappa shape index (κ3) is 4.66. The van der Waals surface area contributed by atoms with E-state index in [9.17, 15) is 0 Å². The summed E-state index contributed by atoms with van der Waals surface area (Å²) in [6.07, 6.45) is 0. The summed E-state index contributed by atoms with van der Waals surface area (Å²) in [7, 11) is 1.66. The van der Waals surface area contributed by atoms with Gasteiger partial charge in [0, 0.05) is 17.1 Å². The first-order valence-electron chi connectivity index (χ1n) is 6.97. The van der Waals surface area contributed by atoms with Gasteiger partial charge in [0.05, 0.1) is 7.11 Å². The minimum Gasteiger partial charge on any atom is -0.497 e. The van der Waals surface area contributed by atoms with Gasteiger partial charge in [0.2, 0.25) is 0 Å². The van der Waals surface area contributed by atoms with Crippen molar-refractivity contribution in [3.05, 3.63) is 58.6 Å². The van der Waals surface area contributed by atoms with Crippen LogP contribution in [0.15, 0.2) is 42.5 Å². The molecule has 21 heavy (non-hydrogen) atoms. The van der Waals surface area contributed by atoms with Crippen LogP contribution in [0.1, 0.15) is 18.1 Å². The zero-order valence-corrected chi connectivity index (χ0v) is 13.1. The Morgan fingerprint density at radius 2 is 1.86 bits per heavy atom. The molecule has 4 heteroatoms. The molecule has 0 spiro atoms. The lowest BCUT2D eigenvalue weighted by Gasteiger charge is -2.12. The molecule has 0 saturated heterocycles. The Labute approximate surface area is 130 Å². The number of halogens is 1. The fourth-order valence-electron chi connectivity index (χ4n) is 1.97. The Bertz CT molecular complexity index is 570. The SMILES string of the molecule is CCNCc1cc(Cl)ccc1OCc1ccc(OC)cc1. The molecule has 112 valence electrons. The van der Waals surface area contributed by atoms with Gasteiger partial charge in [-0.1, -0.05) is 30.7 Å². The first kappa shape index (κ1) is 15.7. The maximum Gasteiger partial charge on any atom is 0.124 e. The standard InChI is InChI=1S/C17H20ClNO2/c1-3-19-11-14-10-15(18)6-9-17(14)21-12-13-4-7-16(20-2)8-5-13/h4-10,19H,3,11-12H2,1-2H3. The van der Waals surface area contributed by atoms with E-state index in [0.29, 0.717) is 6.61 Å². The third-order valence-electron chi connectivity index (χ3n) is 3.14. The normalized spacial score (nSPS) is 10.4. The van der Waals surface area contributed by atoms with Crippen LogP contribution < -0.4 is 14.8 Å². The number of benzene rings is 2. The second-order valence-electron chi connectivity index (χ2n) is 4.67. The number of hydrogen-bond acceptors (Lipinski definition) is 3. The van der Waals surface area contributed by atoms with Crippen LogP contribution in [-0.4, -0.2) is 13.7 Å². The van der Waals surface area contributed by atoms with Crippen molar-refractivity contribution in [2.45, 2.75) is 20.1 Å². The molecule has 3 nitrogen and oxygen atoms in total. The molecule has 0 aromatic heterocycles. The molecule has 0 heterocycles. The molecule has 0 bridgehead atoms. The lowest BCUT2D eigenvalue weighted by molar-refractivity contribution is 0.302. The Hall–Kier alpha value is -1.71. The molecule has 0 aliphatic heterocycles. The highest BCUT2D eigenvalue weighted by atomic mass is 35.5. The van der Waals surface area contributed by atoms with Gasteiger partial charge >= 0.3 is 0 Å². The van der Waals surface area contributed by atoms with E-state index in [1.54, 1.807) is 7.11 Å². The average molecular weight is 306 g/mol. The Kier molecular flexibility index (Phi) is 5.90.